The minimum Gasteiger partial charge on any atom is -0.211 e. The van der Waals surface area contributed by atoms with Crippen molar-refractivity contribution in [3.63, 3.8) is 0 Å². The molecule has 0 saturated heterocycles. The first kappa shape index (κ1) is 13.8. The second-order valence-corrected chi connectivity index (χ2v) is 3.66. The minimum absolute atomic E-state index is 0.0185. The molecule has 0 radical (unpaired) electrons. The van der Waals surface area contributed by atoms with Crippen molar-refractivity contribution in [3.8, 4) is 0 Å². The van der Waals surface area contributed by atoms with Crippen molar-refractivity contribution in [3.05, 3.63) is 0 Å². The van der Waals surface area contributed by atoms with Crippen LogP contribution in [0.4, 0.5) is 0 Å². The SMILES string of the molecule is CCCC(CCC[C@@H](C)N=C=O)N=C=O. The van der Waals surface area contributed by atoms with E-state index in [9.17, 15) is 9.59 Å². The summed E-state index contributed by atoms with van der Waals surface area (Å²) in [5, 5.41) is 0. The van der Waals surface area contributed by atoms with Gasteiger partial charge in [0.15, 0.2) is 0 Å². The summed E-state index contributed by atoms with van der Waals surface area (Å²) in [4.78, 5) is 27.4. The van der Waals surface area contributed by atoms with Gasteiger partial charge in [-0.3, -0.25) is 0 Å². The smallest absolute Gasteiger partial charge is 0.211 e. The van der Waals surface area contributed by atoms with Crippen molar-refractivity contribution in [1.82, 2.24) is 0 Å². The van der Waals surface area contributed by atoms with Crippen LogP contribution in [0.5, 0.6) is 0 Å². The molecule has 0 aliphatic rings. The third-order valence-corrected chi connectivity index (χ3v) is 2.29. The van der Waals surface area contributed by atoms with Gasteiger partial charge in [-0.15, -0.1) is 0 Å². The lowest BCUT2D eigenvalue weighted by molar-refractivity contribution is 0.496. The summed E-state index contributed by atoms with van der Waals surface area (Å²) < 4.78 is 0. The molecule has 0 aromatic carbocycles. The molecule has 0 spiro atoms. The molecular formula is C11H18N2O2. The summed E-state index contributed by atoms with van der Waals surface area (Å²) in [6.45, 7) is 3.94. The number of carbonyl (C=O) groups excluding carboxylic acids is 2. The van der Waals surface area contributed by atoms with Crippen molar-refractivity contribution in [2.45, 2.75) is 58.0 Å². The van der Waals surface area contributed by atoms with Gasteiger partial charge in [0.25, 0.3) is 0 Å². The van der Waals surface area contributed by atoms with E-state index in [4.69, 9.17) is 0 Å². The van der Waals surface area contributed by atoms with E-state index in [0.717, 1.165) is 32.1 Å². The lowest BCUT2D eigenvalue weighted by Crippen LogP contribution is -2.06. The first-order valence-corrected chi connectivity index (χ1v) is 5.38. The molecule has 84 valence electrons. The molecule has 4 heteroatoms. The lowest BCUT2D eigenvalue weighted by atomic mass is 10.0. The van der Waals surface area contributed by atoms with Gasteiger partial charge in [0, 0.05) is 0 Å². The fraction of sp³-hybridized carbons (Fsp3) is 0.818. The van der Waals surface area contributed by atoms with Crippen LogP contribution in [0.2, 0.25) is 0 Å². The molecule has 0 amide bonds. The maximum atomic E-state index is 10.1. The van der Waals surface area contributed by atoms with E-state index in [1.807, 2.05) is 6.92 Å². The molecule has 0 fully saturated rings. The van der Waals surface area contributed by atoms with Gasteiger partial charge >= 0.3 is 0 Å². The van der Waals surface area contributed by atoms with Crippen LogP contribution in [0.1, 0.15) is 46.0 Å². The van der Waals surface area contributed by atoms with Gasteiger partial charge in [-0.1, -0.05) is 13.3 Å². The minimum atomic E-state index is 0.0185. The summed E-state index contributed by atoms with van der Waals surface area (Å²) in [5.74, 6) is 0. The number of rotatable bonds is 8. The quantitative estimate of drug-likeness (QED) is 0.456. The van der Waals surface area contributed by atoms with E-state index in [2.05, 4.69) is 16.9 Å². The highest BCUT2D eigenvalue weighted by Crippen LogP contribution is 2.12. The fourth-order valence-electron chi connectivity index (χ4n) is 1.48. The van der Waals surface area contributed by atoms with E-state index >= 15 is 0 Å². The van der Waals surface area contributed by atoms with Gasteiger partial charge in [-0.25, -0.2) is 19.6 Å². The predicted molar refractivity (Wildman–Crippen MR) is 58.3 cm³/mol. The van der Waals surface area contributed by atoms with E-state index in [1.165, 1.54) is 0 Å². The van der Waals surface area contributed by atoms with E-state index in [0.29, 0.717) is 0 Å². The number of hydrogen-bond acceptors (Lipinski definition) is 4. The maximum Gasteiger partial charge on any atom is 0.235 e. The predicted octanol–water partition coefficient (Wildman–Crippen LogP) is 2.39. The van der Waals surface area contributed by atoms with Crippen molar-refractivity contribution in [2.24, 2.45) is 9.98 Å². The zero-order chi connectivity index (χ0) is 11.5. The molecule has 0 aliphatic carbocycles. The van der Waals surface area contributed by atoms with Crippen molar-refractivity contribution < 1.29 is 9.59 Å². The van der Waals surface area contributed by atoms with Gasteiger partial charge in [0.05, 0.1) is 12.1 Å². The Morgan fingerprint density at radius 1 is 1.07 bits per heavy atom. The zero-order valence-electron chi connectivity index (χ0n) is 9.40. The second kappa shape index (κ2) is 9.32. The Kier molecular flexibility index (Phi) is 8.55. The second-order valence-electron chi connectivity index (χ2n) is 3.66. The van der Waals surface area contributed by atoms with Crippen LogP contribution in [0.25, 0.3) is 0 Å². The highest BCUT2D eigenvalue weighted by atomic mass is 16.1. The zero-order valence-corrected chi connectivity index (χ0v) is 9.40. The summed E-state index contributed by atoms with van der Waals surface area (Å²) in [7, 11) is 0. The molecule has 2 atom stereocenters. The van der Waals surface area contributed by atoms with E-state index in [-0.39, 0.29) is 12.1 Å². The Labute approximate surface area is 90.5 Å². The standard InChI is InChI=1S/C11H18N2O2/c1-3-5-11(13-9-15)7-4-6-10(2)12-8-14/h10-11H,3-7H2,1-2H3/t10-,11?/m1/s1. The summed E-state index contributed by atoms with van der Waals surface area (Å²) in [6.07, 6.45) is 7.70. The van der Waals surface area contributed by atoms with E-state index in [1.54, 1.807) is 12.2 Å². The van der Waals surface area contributed by atoms with Crippen LogP contribution in [-0.4, -0.2) is 24.2 Å². The fourth-order valence-corrected chi connectivity index (χ4v) is 1.48. The Balaban J connectivity index is 3.79. The van der Waals surface area contributed by atoms with Gasteiger partial charge in [0.2, 0.25) is 12.2 Å². The van der Waals surface area contributed by atoms with Crippen LogP contribution in [-0.2, 0) is 9.59 Å². The summed E-state index contributed by atoms with van der Waals surface area (Å²) >= 11 is 0. The third kappa shape index (κ3) is 7.80. The average molecular weight is 210 g/mol. The molecule has 1 unspecified atom stereocenters. The van der Waals surface area contributed by atoms with Gasteiger partial charge in [0.1, 0.15) is 0 Å². The molecular weight excluding hydrogens is 192 g/mol. The molecule has 0 aliphatic heterocycles. The van der Waals surface area contributed by atoms with Crippen molar-refractivity contribution in [2.75, 3.05) is 0 Å². The number of isocyanates is 2. The number of nitrogens with zero attached hydrogens (tertiary/aromatic N) is 2. The topological polar surface area (TPSA) is 58.9 Å². The van der Waals surface area contributed by atoms with Crippen LogP contribution in [0, 0.1) is 0 Å². The number of aliphatic imine (C=N–C) groups is 2. The van der Waals surface area contributed by atoms with Crippen LogP contribution in [0.15, 0.2) is 9.98 Å². The maximum absolute atomic E-state index is 10.1. The van der Waals surface area contributed by atoms with Gasteiger partial charge in [-0.05, 0) is 32.6 Å². The highest BCUT2D eigenvalue weighted by molar-refractivity contribution is 5.33. The molecule has 0 aromatic rings. The average Bonchev–Trinajstić information content (AvgIpc) is 2.19. The van der Waals surface area contributed by atoms with Crippen LogP contribution < -0.4 is 0 Å². The lowest BCUT2D eigenvalue weighted by Gasteiger charge is -2.09. The largest absolute Gasteiger partial charge is 0.235 e. The molecule has 15 heavy (non-hydrogen) atoms. The molecule has 4 nitrogen and oxygen atoms in total. The van der Waals surface area contributed by atoms with Gasteiger partial charge < -0.3 is 0 Å². The molecule has 0 saturated carbocycles. The molecule has 0 N–H and O–H groups in total. The summed E-state index contributed by atoms with van der Waals surface area (Å²) in [5.41, 5.74) is 0. The van der Waals surface area contributed by atoms with Gasteiger partial charge in [-0.2, -0.15) is 0 Å². The summed E-state index contributed by atoms with van der Waals surface area (Å²) in [6, 6.07) is 0.102. The Hall–Kier alpha value is -1.24. The van der Waals surface area contributed by atoms with Crippen LogP contribution >= 0.6 is 0 Å². The van der Waals surface area contributed by atoms with Crippen LogP contribution in [0.3, 0.4) is 0 Å². The monoisotopic (exact) mass is 210 g/mol. The molecule has 0 bridgehead atoms. The Morgan fingerprint density at radius 3 is 2.27 bits per heavy atom. The van der Waals surface area contributed by atoms with E-state index < -0.39 is 0 Å². The van der Waals surface area contributed by atoms with Crippen molar-refractivity contribution in [1.29, 1.82) is 0 Å². The normalized spacial score (nSPS) is 13.5. The Morgan fingerprint density at radius 2 is 1.73 bits per heavy atom. The van der Waals surface area contributed by atoms with Crippen molar-refractivity contribution >= 4 is 12.2 Å². The first-order chi connectivity index (χ1) is 7.24. The third-order valence-electron chi connectivity index (χ3n) is 2.29. The molecule has 0 aromatic heterocycles. The first-order valence-electron chi connectivity index (χ1n) is 5.38. The molecule has 0 heterocycles. The Bertz CT molecular complexity index is 253. The number of hydrogen-bond donors (Lipinski definition) is 0. The molecule has 0 rings (SSSR count). The highest BCUT2D eigenvalue weighted by Gasteiger charge is 2.06.